The van der Waals surface area contributed by atoms with Crippen LogP contribution >= 0.6 is 0 Å². The number of nitrogens with zero attached hydrogens (tertiary/aromatic N) is 4. The molecule has 12 heteroatoms. The highest BCUT2D eigenvalue weighted by molar-refractivity contribution is 5.90. The fourth-order valence-electron chi connectivity index (χ4n) is 4.20. The summed E-state index contributed by atoms with van der Waals surface area (Å²) in [6.07, 6.45) is -3.58. The predicted octanol–water partition coefficient (Wildman–Crippen LogP) is 1.98. The molecule has 164 valence electrons. The van der Waals surface area contributed by atoms with E-state index in [1.165, 1.54) is 11.8 Å². The third kappa shape index (κ3) is 3.31. The maximum atomic E-state index is 13.2. The molecule has 0 saturated heterocycles. The molecule has 5 rings (SSSR count). The summed E-state index contributed by atoms with van der Waals surface area (Å²) in [5.41, 5.74) is 3.77. The molecule has 2 aliphatic heterocycles. The molecule has 0 bridgehead atoms. The zero-order chi connectivity index (χ0) is 21.8. The lowest BCUT2D eigenvalue weighted by molar-refractivity contribution is -0.142. The zero-order valence-corrected chi connectivity index (χ0v) is 16.7. The van der Waals surface area contributed by atoms with Crippen molar-refractivity contribution in [2.45, 2.75) is 31.4 Å². The van der Waals surface area contributed by atoms with E-state index < -0.39 is 17.7 Å². The van der Waals surface area contributed by atoms with E-state index in [0.29, 0.717) is 43.0 Å². The largest absolute Gasteiger partial charge is 0.435 e. The lowest BCUT2D eigenvalue weighted by Gasteiger charge is -2.33. The maximum absolute atomic E-state index is 13.2. The van der Waals surface area contributed by atoms with Gasteiger partial charge in [0, 0.05) is 56.2 Å². The first-order valence-corrected chi connectivity index (χ1v) is 9.83. The van der Waals surface area contributed by atoms with Gasteiger partial charge in [0.2, 0.25) is 11.5 Å². The Balaban J connectivity index is 1.36. The molecule has 0 radical (unpaired) electrons. The van der Waals surface area contributed by atoms with Gasteiger partial charge in [-0.15, -0.1) is 0 Å². The lowest BCUT2D eigenvalue weighted by Crippen LogP contribution is -2.49. The monoisotopic (exact) mass is 434 g/mol. The van der Waals surface area contributed by atoms with Gasteiger partial charge in [-0.05, 0) is 12.1 Å². The minimum atomic E-state index is -4.48. The van der Waals surface area contributed by atoms with Crippen molar-refractivity contribution in [3.8, 4) is 0 Å². The summed E-state index contributed by atoms with van der Waals surface area (Å²) >= 11 is 0. The van der Waals surface area contributed by atoms with Crippen LogP contribution in [0.15, 0.2) is 24.3 Å². The molecule has 0 aliphatic carbocycles. The fourth-order valence-corrected chi connectivity index (χ4v) is 4.20. The van der Waals surface area contributed by atoms with E-state index in [2.05, 4.69) is 25.9 Å². The van der Waals surface area contributed by atoms with Gasteiger partial charge < -0.3 is 10.1 Å². The summed E-state index contributed by atoms with van der Waals surface area (Å²) in [7, 11) is 1.54. The number of nitrogens with one attached hydrogen (secondary N) is 4. The van der Waals surface area contributed by atoms with Crippen molar-refractivity contribution in [3.05, 3.63) is 46.8 Å². The Kier molecular flexibility index (Phi) is 4.45. The zero-order valence-electron chi connectivity index (χ0n) is 16.7. The van der Waals surface area contributed by atoms with Gasteiger partial charge in [-0.2, -0.15) is 18.3 Å². The van der Waals surface area contributed by atoms with Crippen LogP contribution in [-0.2, 0) is 23.9 Å². The van der Waals surface area contributed by atoms with Crippen molar-refractivity contribution in [2.75, 3.05) is 30.9 Å². The molecule has 3 aromatic rings. The molecule has 0 saturated carbocycles. The predicted molar refractivity (Wildman–Crippen MR) is 105 cm³/mol. The molecule has 31 heavy (non-hydrogen) atoms. The Labute approximate surface area is 174 Å². The van der Waals surface area contributed by atoms with Gasteiger partial charge in [0.25, 0.3) is 0 Å². The molecule has 1 aromatic carbocycles. The maximum Gasteiger partial charge on any atom is 0.435 e. The number of ether oxygens (including phenoxy) is 1. The Morgan fingerprint density at radius 3 is 2.87 bits per heavy atom. The highest BCUT2D eigenvalue weighted by Crippen LogP contribution is 2.35. The van der Waals surface area contributed by atoms with Crippen LogP contribution in [0, 0.1) is 5.41 Å². The Hall–Kier alpha value is -3.12. The number of benzene rings is 1. The van der Waals surface area contributed by atoms with Gasteiger partial charge in [-0.3, -0.25) is 20.8 Å². The van der Waals surface area contributed by atoms with E-state index in [-0.39, 0.29) is 17.7 Å². The molecule has 9 nitrogen and oxygen atoms in total. The van der Waals surface area contributed by atoms with Gasteiger partial charge in [0.1, 0.15) is 5.82 Å². The van der Waals surface area contributed by atoms with Crippen molar-refractivity contribution in [2.24, 2.45) is 0 Å². The van der Waals surface area contributed by atoms with Gasteiger partial charge in [0.05, 0.1) is 5.52 Å². The van der Waals surface area contributed by atoms with Crippen LogP contribution in [0.4, 0.5) is 19.0 Å². The molecule has 1 unspecified atom stereocenters. The van der Waals surface area contributed by atoms with Crippen LogP contribution in [0.25, 0.3) is 10.9 Å². The van der Waals surface area contributed by atoms with Crippen LogP contribution in [0.3, 0.4) is 0 Å². The van der Waals surface area contributed by atoms with E-state index >= 15 is 0 Å². The van der Waals surface area contributed by atoms with Crippen molar-refractivity contribution < 1.29 is 17.9 Å². The average molecular weight is 434 g/mol. The summed E-state index contributed by atoms with van der Waals surface area (Å²) in [5.74, 6) is -0.356. The molecule has 4 N–H and O–H groups in total. The standard InChI is InChI=1S/C19H21F3N8O/c1-31-18(25-16-11-4-2-3-5-13(11)24-17(23)30(16)28-18)7-9-29-8-6-14-12(10-29)15(27-26-14)19(20,21)22/h2-5,23,25,28H,6-10H2,1H3,(H,26,27). The molecule has 2 aromatic heterocycles. The molecule has 0 fully saturated rings. The number of rotatable bonds is 4. The highest BCUT2D eigenvalue weighted by atomic mass is 19.4. The summed E-state index contributed by atoms with van der Waals surface area (Å²) in [6, 6.07) is 7.47. The molecular weight excluding hydrogens is 413 g/mol. The fraction of sp³-hybridized carbons (Fsp3) is 0.421. The lowest BCUT2D eigenvalue weighted by atomic mass is 10.0. The molecular formula is C19H21F3N8O. The van der Waals surface area contributed by atoms with Crippen LogP contribution in [0.5, 0.6) is 0 Å². The molecule has 1 atom stereocenters. The van der Waals surface area contributed by atoms with E-state index in [1.54, 1.807) is 0 Å². The number of hydrogen-bond acceptors (Lipinski definition) is 7. The number of fused-ring (bicyclic) bond motifs is 4. The second-order valence-corrected chi connectivity index (χ2v) is 7.71. The number of aromatic amines is 1. The number of para-hydroxylation sites is 1. The number of H-pyrrole nitrogens is 1. The van der Waals surface area contributed by atoms with Crippen molar-refractivity contribution in [1.29, 1.82) is 5.41 Å². The summed E-state index contributed by atoms with van der Waals surface area (Å²) < 4.78 is 47.0. The van der Waals surface area contributed by atoms with Crippen LogP contribution in [0.2, 0.25) is 0 Å². The number of alkyl halides is 3. The third-order valence-electron chi connectivity index (χ3n) is 5.84. The number of methoxy groups -OCH3 is 1. The van der Waals surface area contributed by atoms with Gasteiger partial charge in [-0.1, -0.05) is 12.1 Å². The minimum absolute atomic E-state index is 0.0240. The average Bonchev–Trinajstić information content (AvgIpc) is 3.35. The topological polar surface area (TPSA) is 107 Å². The smallest absolute Gasteiger partial charge is 0.341 e. The third-order valence-corrected chi connectivity index (χ3v) is 5.84. The van der Waals surface area contributed by atoms with E-state index in [9.17, 15) is 13.2 Å². The quantitative estimate of drug-likeness (QED) is 0.500. The summed E-state index contributed by atoms with van der Waals surface area (Å²) in [6.45, 7) is 1.25. The first-order chi connectivity index (χ1) is 14.8. The molecule has 0 amide bonds. The Morgan fingerprint density at radius 2 is 2.10 bits per heavy atom. The van der Waals surface area contributed by atoms with Crippen molar-refractivity contribution in [1.82, 2.24) is 24.8 Å². The summed E-state index contributed by atoms with van der Waals surface area (Å²) in [5, 5.41) is 18.4. The van der Waals surface area contributed by atoms with Crippen LogP contribution in [-0.4, -0.2) is 50.8 Å². The van der Waals surface area contributed by atoms with E-state index in [4.69, 9.17) is 10.1 Å². The highest BCUT2D eigenvalue weighted by Gasteiger charge is 2.41. The second-order valence-electron chi connectivity index (χ2n) is 7.71. The first-order valence-electron chi connectivity index (χ1n) is 9.83. The molecule has 2 aliphatic rings. The van der Waals surface area contributed by atoms with Crippen molar-refractivity contribution >= 4 is 16.7 Å². The van der Waals surface area contributed by atoms with Gasteiger partial charge in [-0.25, -0.2) is 9.66 Å². The SMILES string of the molecule is COC1(CCN2CCc3[nH]nc(C(F)(F)F)c3C2)Nc2c3ccccc3nc(=N)n2N1. The van der Waals surface area contributed by atoms with Crippen molar-refractivity contribution in [3.63, 3.8) is 0 Å². The Morgan fingerprint density at radius 1 is 1.29 bits per heavy atom. The number of hydrogen-bond donors (Lipinski definition) is 4. The molecule has 0 spiro atoms. The summed E-state index contributed by atoms with van der Waals surface area (Å²) in [4.78, 5) is 6.24. The van der Waals surface area contributed by atoms with Gasteiger partial charge >= 0.3 is 6.18 Å². The second kappa shape index (κ2) is 6.95. The van der Waals surface area contributed by atoms with Gasteiger partial charge in [0.15, 0.2) is 5.69 Å². The number of halogens is 3. The van der Waals surface area contributed by atoms with E-state index in [1.807, 2.05) is 29.2 Å². The molecule has 4 heterocycles. The van der Waals surface area contributed by atoms with E-state index in [0.717, 1.165) is 5.39 Å². The van der Waals surface area contributed by atoms with Crippen LogP contribution in [0.1, 0.15) is 23.4 Å². The first kappa shape index (κ1) is 19.8. The van der Waals surface area contributed by atoms with Crippen LogP contribution < -0.4 is 16.4 Å². The Bertz CT molecular complexity index is 1200. The number of aromatic nitrogens is 4. The normalized spacial score (nSPS) is 20.9. The number of anilines is 1. The minimum Gasteiger partial charge on any atom is -0.341 e.